The molecule has 2 aromatic carbocycles. The molecule has 2 aromatic rings. The Morgan fingerprint density at radius 2 is 1.94 bits per heavy atom. The van der Waals surface area contributed by atoms with Crippen LogP contribution in [0.1, 0.15) is 21.5 Å². The maximum atomic E-state index is 13.6. The number of hydrogen-bond donors (Lipinski definition) is 0. The molecule has 0 atom stereocenters. The minimum absolute atomic E-state index is 0.114. The molecule has 0 unspecified atom stereocenters. The van der Waals surface area contributed by atoms with E-state index in [4.69, 9.17) is 0 Å². The minimum Gasteiger partial charge on any atom is -0.288 e. The van der Waals surface area contributed by atoms with Crippen LogP contribution in [0.2, 0.25) is 0 Å². The summed E-state index contributed by atoms with van der Waals surface area (Å²) in [6.07, 6.45) is 0. The molecule has 0 saturated heterocycles. The molecule has 0 saturated carbocycles. The third-order valence-corrected chi connectivity index (χ3v) is 2.95. The number of ketones is 1. The second kappa shape index (κ2) is 4.80. The fourth-order valence-electron chi connectivity index (χ4n) is 1.60. The third-order valence-electron chi connectivity index (χ3n) is 2.45. The van der Waals surface area contributed by atoms with Crippen LogP contribution in [0.5, 0.6) is 0 Å². The summed E-state index contributed by atoms with van der Waals surface area (Å²) >= 11 is 3.29. The summed E-state index contributed by atoms with van der Waals surface area (Å²) in [5.41, 5.74) is 1.46. The predicted octanol–water partition coefficient (Wildman–Crippen LogP) is 4.13. The first-order valence-corrected chi connectivity index (χ1v) is 5.93. The van der Waals surface area contributed by atoms with Crippen molar-refractivity contribution >= 4 is 21.7 Å². The summed E-state index contributed by atoms with van der Waals surface area (Å²) in [5, 5.41) is 0. The van der Waals surface area contributed by atoms with E-state index in [0.29, 0.717) is 5.56 Å². The quantitative estimate of drug-likeness (QED) is 0.761. The molecule has 0 aromatic heterocycles. The van der Waals surface area contributed by atoms with Gasteiger partial charge in [-0.25, -0.2) is 4.39 Å². The van der Waals surface area contributed by atoms with Crippen LogP contribution in [0.3, 0.4) is 0 Å². The van der Waals surface area contributed by atoms with Crippen molar-refractivity contribution in [2.75, 3.05) is 0 Å². The molecule has 1 nitrogen and oxygen atoms in total. The van der Waals surface area contributed by atoms with Crippen LogP contribution in [0, 0.1) is 12.7 Å². The van der Waals surface area contributed by atoms with E-state index < -0.39 is 5.82 Å². The van der Waals surface area contributed by atoms with Crippen molar-refractivity contribution in [1.29, 1.82) is 0 Å². The van der Waals surface area contributed by atoms with Crippen LogP contribution < -0.4 is 0 Å². The van der Waals surface area contributed by atoms with Crippen LogP contribution in [0.4, 0.5) is 4.39 Å². The molecule has 0 amide bonds. The van der Waals surface area contributed by atoms with Crippen LogP contribution in [-0.2, 0) is 0 Å². The molecule has 0 aliphatic carbocycles. The summed E-state index contributed by atoms with van der Waals surface area (Å²) in [5.74, 6) is -0.784. The molecule has 86 valence electrons. The number of carbonyl (C=O) groups is 1. The number of rotatable bonds is 2. The van der Waals surface area contributed by atoms with E-state index >= 15 is 0 Å². The first-order valence-electron chi connectivity index (χ1n) is 5.14. The summed E-state index contributed by atoms with van der Waals surface area (Å²) in [6.45, 7) is 1.83. The van der Waals surface area contributed by atoms with Crippen molar-refractivity contribution in [1.82, 2.24) is 0 Å². The van der Waals surface area contributed by atoms with Crippen molar-refractivity contribution in [3.8, 4) is 0 Å². The van der Waals surface area contributed by atoms with E-state index in [2.05, 4.69) is 15.9 Å². The Hall–Kier alpha value is -1.48. The maximum Gasteiger partial charge on any atom is 0.196 e. The van der Waals surface area contributed by atoms with Gasteiger partial charge in [-0.15, -0.1) is 0 Å². The molecular weight excluding hydrogens is 283 g/mol. The van der Waals surface area contributed by atoms with E-state index in [0.717, 1.165) is 10.0 Å². The Balaban J connectivity index is 2.47. The second-order valence-corrected chi connectivity index (χ2v) is 4.74. The normalized spacial score (nSPS) is 10.3. The lowest BCUT2D eigenvalue weighted by Gasteiger charge is -2.04. The molecule has 3 heteroatoms. The highest BCUT2D eigenvalue weighted by atomic mass is 79.9. The molecule has 0 bridgehead atoms. The molecule has 2 rings (SSSR count). The van der Waals surface area contributed by atoms with E-state index in [1.165, 1.54) is 6.07 Å². The van der Waals surface area contributed by atoms with Crippen LogP contribution in [0.25, 0.3) is 0 Å². The molecular formula is C14H10BrFO. The molecule has 0 N–H and O–H groups in total. The van der Waals surface area contributed by atoms with E-state index in [1.54, 1.807) is 30.3 Å². The Kier molecular flexibility index (Phi) is 3.38. The third kappa shape index (κ3) is 2.61. The van der Waals surface area contributed by atoms with E-state index in [1.807, 2.05) is 13.0 Å². The van der Waals surface area contributed by atoms with Gasteiger partial charge in [0.1, 0.15) is 5.82 Å². The van der Waals surface area contributed by atoms with Gasteiger partial charge in [-0.3, -0.25) is 4.79 Å². The molecule has 17 heavy (non-hydrogen) atoms. The first-order chi connectivity index (χ1) is 8.08. The average molecular weight is 293 g/mol. The Labute approximate surface area is 107 Å². The number of benzene rings is 2. The summed E-state index contributed by atoms with van der Waals surface area (Å²) in [6, 6.07) is 11.5. The SMILES string of the molecule is Cc1ccc(F)c(C(=O)c2cccc(Br)c2)c1. The van der Waals surface area contributed by atoms with Gasteiger partial charge in [0.05, 0.1) is 5.56 Å². The highest BCUT2D eigenvalue weighted by Gasteiger charge is 2.14. The lowest BCUT2D eigenvalue weighted by atomic mass is 10.0. The van der Waals surface area contributed by atoms with Crippen molar-refractivity contribution in [3.05, 3.63) is 69.4 Å². The molecule has 0 aliphatic heterocycles. The predicted molar refractivity (Wildman–Crippen MR) is 68.7 cm³/mol. The van der Waals surface area contributed by atoms with Gasteiger partial charge in [-0.05, 0) is 31.2 Å². The maximum absolute atomic E-state index is 13.6. The molecule has 0 spiro atoms. The second-order valence-electron chi connectivity index (χ2n) is 3.82. The van der Waals surface area contributed by atoms with Gasteiger partial charge in [0.2, 0.25) is 0 Å². The number of hydrogen-bond acceptors (Lipinski definition) is 1. The summed E-state index contributed by atoms with van der Waals surface area (Å²) in [4.78, 5) is 12.1. The van der Waals surface area contributed by atoms with Gasteiger partial charge in [0.25, 0.3) is 0 Å². The fraction of sp³-hybridized carbons (Fsp3) is 0.0714. The molecule has 0 aliphatic rings. The minimum atomic E-state index is -0.486. The van der Waals surface area contributed by atoms with Crippen LogP contribution in [-0.4, -0.2) is 5.78 Å². The van der Waals surface area contributed by atoms with E-state index in [-0.39, 0.29) is 11.3 Å². The average Bonchev–Trinajstić information content (AvgIpc) is 2.31. The molecule has 0 fully saturated rings. The summed E-state index contributed by atoms with van der Waals surface area (Å²) in [7, 11) is 0. The Morgan fingerprint density at radius 3 is 2.65 bits per heavy atom. The Morgan fingerprint density at radius 1 is 1.18 bits per heavy atom. The fourth-order valence-corrected chi connectivity index (χ4v) is 2.00. The van der Waals surface area contributed by atoms with Gasteiger partial charge in [-0.1, -0.05) is 39.7 Å². The van der Waals surface area contributed by atoms with Gasteiger partial charge >= 0.3 is 0 Å². The lowest BCUT2D eigenvalue weighted by molar-refractivity contribution is 0.103. The zero-order chi connectivity index (χ0) is 12.4. The van der Waals surface area contributed by atoms with Crippen molar-refractivity contribution in [2.45, 2.75) is 6.92 Å². The molecule has 0 radical (unpaired) electrons. The van der Waals surface area contributed by atoms with Crippen LogP contribution in [0.15, 0.2) is 46.9 Å². The zero-order valence-electron chi connectivity index (χ0n) is 9.21. The number of aryl methyl sites for hydroxylation is 1. The standard InChI is InChI=1S/C14H10BrFO/c1-9-5-6-13(16)12(7-9)14(17)10-3-2-4-11(15)8-10/h2-8H,1H3. The topological polar surface area (TPSA) is 17.1 Å². The van der Waals surface area contributed by atoms with Crippen molar-refractivity contribution in [3.63, 3.8) is 0 Å². The highest BCUT2D eigenvalue weighted by molar-refractivity contribution is 9.10. The lowest BCUT2D eigenvalue weighted by Crippen LogP contribution is -2.04. The van der Waals surface area contributed by atoms with Crippen molar-refractivity contribution in [2.24, 2.45) is 0 Å². The smallest absolute Gasteiger partial charge is 0.196 e. The van der Waals surface area contributed by atoms with Gasteiger partial charge in [-0.2, -0.15) is 0 Å². The monoisotopic (exact) mass is 292 g/mol. The zero-order valence-corrected chi connectivity index (χ0v) is 10.8. The van der Waals surface area contributed by atoms with Gasteiger partial charge in [0, 0.05) is 10.0 Å². The van der Waals surface area contributed by atoms with Crippen molar-refractivity contribution < 1.29 is 9.18 Å². The van der Waals surface area contributed by atoms with Gasteiger partial charge < -0.3 is 0 Å². The highest BCUT2D eigenvalue weighted by Crippen LogP contribution is 2.18. The largest absolute Gasteiger partial charge is 0.288 e. The molecule has 0 heterocycles. The van der Waals surface area contributed by atoms with Gasteiger partial charge in [0.15, 0.2) is 5.78 Å². The number of halogens is 2. The first kappa shape index (κ1) is 12.0. The van der Waals surface area contributed by atoms with Crippen LogP contribution >= 0.6 is 15.9 Å². The Bertz CT molecular complexity index is 578. The van der Waals surface area contributed by atoms with E-state index in [9.17, 15) is 9.18 Å². The summed E-state index contributed by atoms with van der Waals surface area (Å²) < 4.78 is 14.4. The number of carbonyl (C=O) groups excluding carboxylic acids is 1.